The first kappa shape index (κ1) is 26.6. The maximum atomic E-state index is 13.4. The van der Waals surface area contributed by atoms with Gasteiger partial charge in [-0.15, -0.1) is 0 Å². The molecule has 4 rings (SSSR count). The van der Waals surface area contributed by atoms with Gasteiger partial charge in [0.1, 0.15) is 0 Å². The summed E-state index contributed by atoms with van der Waals surface area (Å²) in [6.45, 7) is 8.68. The highest BCUT2D eigenvalue weighted by atomic mass is 16.2. The maximum absolute atomic E-state index is 13.4. The van der Waals surface area contributed by atoms with Crippen LogP contribution in [-0.2, 0) is 4.79 Å². The molecule has 1 fully saturated rings. The van der Waals surface area contributed by atoms with Gasteiger partial charge in [-0.3, -0.25) is 19.5 Å². The fourth-order valence-electron chi connectivity index (χ4n) is 5.13. The highest BCUT2D eigenvalue weighted by molar-refractivity contribution is 5.99. The molecule has 3 unspecified atom stereocenters. The fraction of sp³-hybridized carbons (Fsp3) is 0.387. The zero-order valence-electron chi connectivity index (χ0n) is 22.4. The molecule has 1 heterocycles. The average Bonchev–Trinajstić information content (AvgIpc) is 2.93. The summed E-state index contributed by atoms with van der Waals surface area (Å²) < 4.78 is 0. The number of piperazine rings is 1. The van der Waals surface area contributed by atoms with E-state index in [2.05, 4.69) is 78.5 Å². The number of aryl methyl sites for hydroxylation is 1. The molecule has 2 aromatic carbocycles. The summed E-state index contributed by atoms with van der Waals surface area (Å²) in [6.07, 6.45) is 9.95. The van der Waals surface area contributed by atoms with E-state index in [4.69, 9.17) is 0 Å². The molecule has 37 heavy (non-hydrogen) atoms. The molecule has 194 valence electrons. The van der Waals surface area contributed by atoms with Gasteiger partial charge in [-0.05, 0) is 50.0 Å². The number of aliphatic imine (C=N–C) groups is 1. The first-order valence-electron chi connectivity index (χ1n) is 13.3. The van der Waals surface area contributed by atoms with Crippen molar-refractivity contribution in [2.75, 3.05) is 26.7 Å². The number of amides is 2. The summed E-state index contributed by atoms with van der Waals surface area (Å²) in [6, 6.07) is 16.2. The lowest BCUT2D eigenvalue weighted by molar-refractivity contribution is -0.138. The third-order valence-electron chi connectivity index (χ3n) is 7.39. The van der Waals surface area contributed by atoms with Crippen molar-refractivity contribution in [2.24, 2.45) is 10.9 Å². The van der Waals surface area contributed by atoms with Crippen LogP contribution in [0.1, 0.15) is 48.2 Å². The average molecular weight is 499 g/mol. The SMILES string of the molecule is CCC(C=Nc1ccccc1C(=O)NC)N1CCN(C(=O)C2C=CC(c3ccc(C)cc3)=CC2)C(C)C1. The smallest absolute Gasteiger partial charge is 0.253 e. The van der Waals surface area contributed by atoms with Crippen molar-refractivity contribution in [1.82, 2.24) is 15.1 Å². The molecule has 1 N–H and O–H groups in total. The molecule has 2 aliphatic rings. The highest BCUT2D eigenvalue weighted by Gasteiger charge is 2.33. The van der Waals surface area contributed by atoms with E-state index in [1.165, 1.54) is 16.7 Å². The van der Waals surface area contributed by atoms with Gasteiger partial charge >= 0.3 is 0 Å². The van der Waals surface area contributed by atoms with Crippen LogP contribution in [0, 0.1) is 12.8 Å². The van der Waals surface area contributed by atoms with E-state index >= 15 is 0 Å². The third kappa shape index (κ3) is 6.25. The lowest BCUT2D eigenvalue weighted by Crippen LogP contribution is -2.57. The van der Waals surface area contributed by atoms with Gasteiger partial charge in [0.15, 0.2) is 0 Å². The molecule has 1 saturated heterocycles. The Morgan fingerprint density at radius 2 is 1.89 bits per heavy atom. The van der Waals surface area contributed by atoms with E-state index in [1.54, 1.807) is 13.1 Å². The Balaban J connectivity index is 1.36. The number of rotatable bonds is 7. The van der Waals surface area contributed by atoms with Crippen LogP contribution in [0.25, 0.3) is 5.57 Å². The van der Waals surface area contributed by atoms with Crippen LogP contribution in [0.15, 0.2) is 71.8 Å². The molecular weight excluding hydrogens is 460 g/mol. The standard InChI is InChI=1S/C31H38N4O2/c1-5-27(20-33-29-9-7-6-8-28(29)30(36)32-4)34-18-19-35(23(3)21-34)31(37)26-16-14-25(15-17-26)24-12-10-22(2)11-13-24/h6-16,20,23,26-27H,5,17-19,21H2,1-4H3,(H,32,36). The number of carbonyl (C=O) groups excluding carboxylic acids is 2. The second-order valence-electron chi connectivity index (χ2n) is 9.95. The Hall–Kier alpha value is -3.51. The van der Waals surface area contributed by atoms with Crippen LogP contribution in [0.5, 0.6) is 0 Å². The Bertz CT molecular complexity index is 1200. The molecule has 6 nitrogen and oxygen atoms in total. The first-order valence-corrected chi connectivity index (χ1v) is 13.3. The number of hydrogen-bond acceptors (Lipinski definition) is 4. The maximum Gasteiger partial charge on any atom is 0.253 e. The molecule has 2 amide bonds. The van der Waals surface area contributed by atoms with Crippen molar-refractivity contribution < 1.29 is 9.59 Å². The third-order valence-corrected chi connectivity index (χ3v) is 7.39. The molecule has 6 heteroatoms. The summed E-state index contributed by atoms with van der Waals surface area (Å²) in [7, 11) is 1.63. The Labute approximate surface area is 220 Å². The number of para-hydroxylation sites is 1. The quantitative estimate of drug-likeness (QED) is 0.545. The molecular formula is C31H38N4O2. The molecule has 0 saturated carbocycles. The van der Waals surface area contributed by atoms with Crippen molar-refractivity contribution in [3.63, 3.8) is 0 Å². The van der Waals surface area contributed by atoms with Crippen LogP contribution >= 0.6 is 0 Å². The van der Waals surface area contributed by atoms with Gasteiger partial charge in [0.2, 0.25) is 5.91 Å². The zero-order valence-corrected chi connectivity index (χ0v) is 22.4. The summed E-state index contributed by atoms with van der Waals surface area (Å²) in [5.74, 6) is -0.0316. The molecule has 3 atom stereocenters. The Morgan fingerprint density at radius 1 is 1.14 bits per heavy atom. The Kier molecular flexibility index (Phi) is 8.72. The van der Waals surface area contributed by atoms with Crippen LogP contribution in [0.3, 0.4) is 0 Å². The van der Waals surface area contributed by atoms with Crippen molar-refractivity contribution in [1.29, 1.82) is 0 Å². The van der Waals surface area contributed by atoms with Gasteiger partial charge in [-0.2, -0.15) is 0 Å². The second-order valence-corrected chi connectivity index (χ2v) is 9.95. The molecule has 1 aliphatic heterocycles. The van der Waals surface area contributed by atoms with Gasteiger partial charge in [-0.1, -0.05) is 67.1 Å². The molecule has 2 aromatic rings. The van der Waals surface area contributed by atoms with E-state index in [9.17, 15) is 9.59 Å². The summed E-state index contributed by atoms with van der Waals surface area (Å²) in [5.41, 5.74) is 4.87. The van der Waals surface area contributed by atoms with Gasteiger partial charge in [0.05, 0.1) is 17.2 Å². The van der Waals surface area contributed by atoms with E-state index in [-0.39, 0.29) is 29.8 Å². The minimum atomic E-state index is -0.140. The van der Waals surface area contributed by atoms with Crippen molar-refractivity contribution in [3.8, 4) is 0 Å². The second kappa shape index (κ2) is 12.2. The molecule has 0 aromatic heterocycles. The minimum Gasteiger partial charge on any atom is -0.355 e. The van der Waals surface area contributed by atoms with Crippen LogP contribution in [-0.4, -0.2) is 66.6 Å². The summed E-state index contributed by atoms with van der Waals surface area (Å²) >= 11 is 0. The largest absolute Gasteiger partial charge is 0.355 e. The van der Waals surface area contributed by atoms with Crippen molar-refractivity contribution in [2.45, 2.75) is 45.7 Å². The van der Waals surface area contributed by atoms with Crippen molar-refractivity contribution in [3.05, 3.63) is 83.4 Å². The minimum absolute atomic E-state index is 0.104. The zero-order chi connectivity index (χ0) is 26.4. The first-order chi connectivity index (χ1) is 17.9. The van der Waals surface area contributed by atoms with Gasteiger partial charge in [0.25, 0.3) is 5.91 Å². The van der Waals surface area contributed by atoms with Crippen molar-refractivity contribution >= 4 is 29.3 Å². The highest BCUT2D eigenvalue weighted by Crippen LogP contribution is 2.27. The number of nitrogens with zero attached hydrogens (tertiary/aromatic N) is 3. The summed E-state index contributed by atoms with van der Waals surface area (Å²) in [5, 5.41) is 2.68. The van der Waals surface area contributed by atoms with E-state index in [1.807, 2.05) is 29.3 Å². The topological polar surface area (TPSA) is 65.0 Å². The summed E-state index contributed by atoms with van der Waals surface area (Å²) in [4.78, 5) is 34.7. The molecule has 0 bridgehead atoms. The van der Waals surface area contributed by atoms with Crippen LogP contribution in [0.4, 0.5) is 5.69 Å². The monoisotopic (exact) mass is 498 g/mol. The number of benzene rings is 2. The number of nitrogens with one attached hydrogen (secondary N) is 1. The van der Waals surface area contributed by atoms with Crippen LogP contribution in [0.2, 0.25) is 0 Å². The lowest BCUT2D eigenvalue weighted by Gasteiger charge is -2.43. The fourth-order valence-corrected chi connectivity index (χ4v) is 5.13. The van der Waals surface area contributed by atoms with Gasteiger partial charge in [-0.25, -0.2) is 0 Å². The normalized spacial score (nSPS) is 21.1. The number of carbonyl (C=O) groups is 2. The van der Waals surface area contributed by atoms with E-state index in [0.29, 0.717) is 17.8 Å². The predicted molar refractivity (Wildman–Crippen MR) is 151 cm³/mol. The molecule has 0 radical (unpaired) electrons. The number of hydrogen-bond donors (Lipinski definition) is 1. The van der Waals surface area contributed by atoms with Crippen LogP contribution < -0.4 is 5.32 Å². The van der Waals surface area contributed by atoms with E-state index < -0.39 is 0 Å². The molecule has 0 spiro atoms. The Morgan fingerprint density at radius 3 is 2.54 bits per heavy atom. The molecule has 1 aliphatic carbocycles. The number of allylic oxidation sites excluding steroid dienone is 3. The lowest BCUT2D eigenvalue weighted by atomic mass is 9.91. The van der Waals surface area contributed by atoms with Gasteiger partial charge < -0.3 is 10.2 Å². The van der Waals surface area contributed by atoms with E-state index in [0.717, 1.165) is 25.9 Å². The van der Waals surface area contributed by atoms with Gasteiger partial charge in [0, 0.05) is 45.0 Å². The predicted octanol–water partition coefficient (Wildman–Crippen LogP) is 5.03.